The highest BCUT2D eigenvalue weighted by Crippen LogP contribution is 2.15. The van der Waals surface area contributed by atoms with Crippen LogP contribution in [0.2, 0.25) is 0 Å². The van der Waals surface area contributed by atoms with E-state index in [0.717, 1.165) is 0 Å². The quantitative estimate of drug-likeness (QED) is 0.703. The van der Waals surface area contributed by atoms with Gasteiger partial charge in [0, 0.05) is 11.8 Å². The zero-order valence-electron chi connectivity index (χ0n) is 7.02. The average molecular weight is 183 g/mol. The summed E-state index contributed by atoms with van der Waals surface area (Å²) in [6.45, 7) is -0.294. The summed E-state index contributed by atoms with van der Waals surface area (Å²) in [5.74, 6) is -0.836. The third kappa shape index (κ3) is 1.94. The molecule has 0 aromatic carbocycles. The minimum Gasteiger partial charge on any atom is -0.481 e. The summed E-state index contributed by atoms with van der Waals surface area (Å²) in [4.78, 5) is 14.2. The lowest BCUT2D eigenvalue weighted by Gasteiger charge is -2.04. The van der Waals surface area contributed by atoms with Crippen molar-refractivity contribution in [1.29, 1.82) is 0 Å². The van der Waals surface area contributed by atoms with E-state index >= 15 is 0 Å². The normalized spacial score (nSPS) is 9.69. The predicted octanol–water partition coefficient (Wildman–Crippen LogP) is 0.281. The molecule has 0 aliphatic rings. The second-order valence-electron chi connectivity index (χ2n) is 2.36. The molecule has 1 rings (SSSR count). The molecule has 13 heavy (non-hydrogen) atoms. The van der Waals surface area contributed by atoms with Crippen LogP contribution in [0.4, 0.5) is 0 Å². The summed E-state index contributed by atoms with van der Waals surface area (Å²) in [5, 5.41) is 17.4. The Morgan fingerprint density at radius 2 is 2.38 bits per heavy atom. The van der Waals surface area contributed by atoms with Crippen molar-refractivity contribution in [3.8, 4) is 5.88 Å². The molecule has 1 aromatic heterocycles. The molecule has 0 saturated carbocycles. The van der Waals surface area contributed by atoms with Crippen molar-refractivity contribution in [3.05, 3.63) is 23.4 Å². The number of hydrogen-bond acceptors (Lipinski definition) is 4. The second kappa shape index (κ2) is 3.86. The van der Waals surface area contributed by atoms with Gasteiger partial charge in [0.1, 0.15) is 0 Å². The van der Waals surface area contributed by atoms with E-state index in [1.807, 2.05) is 0 Å². The molecular weight excluding hydrogens is 174 g/mol. The Hall–Kier alpha value is -1.62. The van der Waals surface area contributed by atoms with Crippen LogP contribution in [0.15, 0.2) is 12.3 Å². The van der Waals surface area contributed by atoms with Crippen LogP contribution >= 0.6 is 0 Å². The summed E-state index contributed by atoms with van der Waals surface area (Å²) < 4.78 is 4.81. The Morgan fingerprint density at radius 1 is 1.69 bits per heavy atom. The molecule has 0 unspecified atom stereocenters. The first-order chi connectivity index (χ1) is 6.19. The monoisotopic (exact) mass is 183 g/mol. The van der Waals surface area contributed by atoms with Crippen molar-refractivity contribution in [2.45, 2.75) is 6.61 Å². The molecule has 0 radical (unpaired) electrons. The minimum absolute atomic E-state index is 0.0323. The van der Waals surface area contributed by atoms with Gasteiger partial charge in [-0.25, -0.2) is 9.78 Å². The molecule has 70 valence electrons. The number of nitrogens with zero attached hydrogens (tertiary/aromatic N) is 1. The molecule has 5 nitrogen and oxygen atoms in total. The SMILES string of the molecule is COc1ncc(C(=O)O)cc1CO. The molecular formula is C8H9NO4. The van der Waals surface area contributed by atoms with E-state index < -0.39 is 5.97 Å². The van der Waals surface area contributed by atoms with Gasteiger partial charge in [0.05, 0.1) is 19.3 Å². The molecule has 5 heteroatoms. The van der Waals surface area contributed by atoms with Gasteiger partial charge in [-0.3, -0.25) is 0 Å². The van der Waals surface area contributed by atoms with E-state index in [1.54, 1.807) is 0 Å². The van der Waals surface area contributed by atoms with Crippen molar-refractivity contribution in [2.24, 2.45) is 0 Å². The summed E-state index contributed by atoms with van der Waals surface area (Å²) in [7, 11) is 1.40. The van der Waals surface area contributed by atoms with Crippen LogP contribution in [-0.4, -0.2) is 28.3 Å². The van der Waals surface area contributed by atoms with E-state index in [-0.39, 0.29) is 18.1 Å². The fourth-order valence-electron chi connectivity index (χ4n) is 0.912. The smallest absolute Gasteiger partial charge is 0.337 e. The topological polar surface area (TPSA) is 79.7 Å². The zero-order valence-corrected chi connectivity index (χ0v) is 7.02. The van der Waals surface area contributed by atoms with Gasteiger partial charge in [0.25, 0.3) is 0 Å². The molecule has 0 spiro atoms. The predicted molar refractivity (Wildman–Crippen MR) is 43.7 cm³/mol. The highest BCUT2D eigenvalue weighted by Gasteiger charge is 2.08. The standard InChI is InChI=1S/C8H9NO4/c1-13-7-6(4-10)2-5(3-9-7)8(11)12/h2-3,10H,4H2,1H3,(H,11,12). The lowest BCUT2D eigenvalue weighted by Crippen LogP contribution is -2.02. The molecule has 1 heterocycles. The van der Waals surface area contributed by atoms with Gasteiger partial charge in [-0.1, -0.05) is 0 Å². The van der Waals surface area contributed by atoms with Crippen LogP contribution in [0.25, 0.3) is 0 Å². The van der Waals surface area contributed by atoms with Crippen LogP contribution in [0.5, 0.6) is 5.88 Å². The van der Waals surface area contributed by atoms with Crippen LogP contribution < -0.4 is 4.74 Å². The molecule has 0 aliphatic carbocycles. The zero-order chi connectivity index (χ0) is 9.84. The number of carboxylic acids is 1. The number of methoxy groups -OCH3 is 1. The number of aromatic nitrogens is 1. The van der Waals surface area contributed by atoms with Gasteiger partial charge in [0.2, 0.25) is 5.88 Å². The third-order valence-corrected chi connectivity index (χ3v) is 1.54. The van der Waals surface area contributed by atoms with Gasteiger partial charge in [-0.15, -0.1) is 0 Å². The molecule has 0 amide bonds. The number of hydrogen-bond donors (Lipinski definition) is 2. The fraction of sp³-hybridized carbons (Fsp3) is 0.250. The number of aliphatic hydroxyl groups excluding tert-OH is 1. The van der Waals surface area contributed by atoms with E-state index in [2.05, 4.69) is 4.98 Å². The molecule has 1 aromatic rings. The maximum absolute atomic E-state index is 10.5. The van der Waals surface area contributed by atoms with E-state index in [9.17, 15) is 4.79 Å². The Kier molecular flexibility index (Phi) is 2.81. The Labute approximate surface area is 74.6 Å². The molecule has 0 fully saturated rings. The van der Waals surface area contributed by atoms with Crippen LogP contribution in [-0.2, 0) is 6.61 Å². The number of aromatic carboxylic acids is 1. The Bertz CT molecular complexity index is 324. The fourth-order valence-corrected chi connectivity index (χ4v) is 0.912. The summed E-state index contributed by atoms with van der Waals surface area (Å²) in [5.41, 5.74) is 0.396. The highest BCUT2D eigenvalue weighted by atomic mass is 16.5. The van der Waals surface area contributed by atoms with E-state index in [4.69, 9.17) is 14.9 Å². The van der Waals surface area contributed by atoms with Crippen molar-refractivity contribution < 1.29 is 19.7 Å². The van der Waals surface area contributed by atoms with Gasteiger partial charge in [0.15, 0.2) is 0 Å². The van der Waals surface area contributed by atoms with Crippen molar-refractivity contribution in [2.75, 3.05) is 7.11 Å². The Morgan fingerprint density at radius 3 is 2.85 bits per heavy atom. The lowest BCUT2D eigenvalue weighted by atomic mass is 10.2. The largest absolute Gasteiger partial charge is 0.481 e. The Balaban J connectivity index is 3.13. The number of carboxylic acid groups (broad SMARTS) is 1. The number of ether oxygens (including phenoxy) is 1. The lowest BCUT2D eigenvalue weighted by molar-refractivity contribution is 0.0696. The van der Waals surface area contributed by atoms with E-state index in [1.165, 1.54) is 19.4 Å². The van der Waals surface area contributed by atoms with Crippen LogP contribution in [0, 0.1) is 0 Å². The maximum Gasteiger partial charge on any atom is 0.337 e. The van der Waals surface area contributed by atoms with Gasteiger partial charge in [-0.05, 0) is 6.07 Å². The van der Waals surface area contributed by atoms with Crippen molar-refractivity contribution in [3.63, 3.8) is 0 Å². The van der Waals surface area contributed by atoms with Crippen molar-refractivity contribution >= 4 is 5.97 Å². The summed E-state index contributed by atoms with van der Waals surface area (Å²) in [6, 6.07) is 1.33. The number of rotatable bonds is 3. The summed E-state index contributed by atoms with van der Waals surface area (Å²) >= 11 is 0. The number of pyridine rings is 1. The first-order valence-corrected chi connectivity index (χ1v) is 3.56. The molecule has 0 atom stereocenters. The van der Waals surface area contributed by atoms with Gasteiger partial charge in [-0.2, -0.15) is 0 Å². The maximum atomic E-state index is 10.5. The number of carbonyl (C=O) groups is 1. The summed E-state index contributed by atoms with van der Waals surface area (Å²) in [6.07, 6.45) is 1.18. The van der Waals surface area contributed by atoms with Crippen LogP contribution in [0.3, 0.4) is 0 Å². The molecule has 2 N–H and O–H groups in total. The third-order valence-electron chi connectivity index (χ3n) is 1.54. The second-order valence-corrected chi connectivity index (χ2v) is 2.36. The van der Waals surface area contributed by atoms with Gasteiger partial charge < -0.3 is 14.9 Å². The average Bonchev–Trinajstić information content (AvgIpc) is 2.16. The first-order valence-electron chi connectivity index (χ1n) is 3.56. The number of aliphatic hydroxyl groups is 1. The minimum atomic E-state index is -1.08. The van der Waals surface area contributed by atoms with Crippen LogP contribution in [0.1, 0.15) is 15.9 Å². The van der Waals surface area contributed by atoms with Crippen molar-refractivity contribution in [1.82, 2.24) is 4.98 Å². The van der Waals surface area contributed by atoms with E-state index in [0.29, 0.717) is 5.56 Å². The highest BCUT2D eigenvalue weighted by molar-refractivity contribution is 5.87. The molecule has 0 bridgehead atoms. The molecule has 0 aliphatic heterocycles. The first kappa shape index (κ1) is 9.47. The van der Waals surface area contributed by atoms with Gasteiger partial charge >= 0.3 is 5.97 Å². The molecule has 0 saturated heterocycles.